The largest absolute Gasteiger partial charge is 0.497 e. The standard InChI is InChI=1S/C18H22ClNO/c1-3-20-13-16(15-7-5-8-17(19)12-15)10-14-6-4-9-18(11-14)21-2/h4-9,11-12,16,20H,3,10,13H2,1-2H3. The van der Waals surface area contributed by atoms with Gasteiger partial charge in [0.15, 0.2) is 0 Å². The summed E-state index contributed by atoms with van der Waals surface area (Å²) in [5.74, 6) is 1.30. The average Bonchev–Trinajstić information content (AvgIpc) is 2.51. The molecule has 0 saturated heterocycles. The summed E-state index contributed by atoms with van der Waals surface area (Å²) in [5.41, 5.74) is 2.54. The zero-order valence-electron chi connectivity index (χ0n) is 12.6. The summed E-state index contributed by atoms with van der Waals surface area (Å²) in [7, 11) is 1.70. The molecule has 0 bridgehead atoms. The van der Waals surface area contributed by atoms with E-state index in [2.05, 4.69) is 36.5 Å². The molecule has 0 radical (unpaired) electrons. The Morgan fingerprint density at radius 1 is 1.14 bits per heavy atom. The zero-order chi connectivity index (χ0) is 15.1. The van der Waals surface area contributed by atoms with Crippen LogP contribution in [0.15, 0.2) is 48.5 Å². The summed E-state index contributed by atoms with van der Waals surface area (Å²) < 4.78 is 5.31. The van der Waals surface area contributed by atoms with Gasteiger partial charge in [-0.2, -0.15) is 0 Å². The lowest BCUT2D eigenvalue weighted by atomic mass is 9.92. The lowest BCUT2D eigenvalue weighted by Crippen LogP contribution is -2.22. The van der Waals surface area contributed by atoms with Crippen LogP contribution >= 0.6 is 11.6 Å². The van der Waals surface area contributed by atoms with Crippen LogP contribution in [-0.2, 0) is 6.42 Å². The fraction of sp³-hybridized carbons (Fsp3) is 0.333. The van der Waals surface area contributed by atoms with Crippen molar-refractivity contribution in [1.82, 2.24) is 5.32 Å². The number of rotatable bonds is 7. The van der Waals surface area contributed by atoms with Gasteiger partial charge in [0.25, 0.3) is 0 Å². The predicted octanol–water partition coefficient (Wildman–Crippen LogP) is 4.28. The third-order valence-electron chi connectivity index (χ3n) is 3.58. The molecule has 2 aromatic rings. The van der Waals surface area contributed by atoms with Gasteiger partial charge in [0.1, 0.15) is 5.75 Å². The lowest BCUT2D eigenvalue weighted by Gasteiger charge is -2.18. The highest BCUT2D eigenvalue weighted by Gasteiger charge is 2.13. The number of halogens is 1. The van der Waals surface area contributed by atoms with E-state index in [1.54, 1.807) is 7.11 Å². The summed E-state index contributed by atoms with van der Waals surface area (Å²) in [6, 6.07) is 16.4. The molecule has 0 spiro atoms. The van der Waals surface area contributed by atoms with E-state index in [-0.39, 0.29) is 0 Å². The van der Waals surface area contributed by atoms with Crippen LogP contribution in [0.1, 0.15) is 24.0 Å². The summed E-state index contributed by atoms with van der Waals surface area (Å²) in [4.78, 5) is 0. The van der Waals surface area contributed by atoms with Gasteiger partial charge >= 0.3 is 0 Å². The van der Waals surface area contributed by atoms with Gasteiger partial charge in [-0.15, -0.1) is 0 Å². The van der Waals surface area contributed by atoms with Gasteiger partial charge in [-0.1, -0.05) is 42.8 Å². The molecule has 1 N–H and O–H groups in total. The average molecular weight is 304 g/mol. The van der Waals surface area contributed by atoms with E-state index < -0.39 is 0 Å². The van der Waals surface area contributed by atoms with Crippen molar-refractivity contribution >= 4 is 11.6 Å². The van der Waals surface area contributed by atoms with Crippen LogP contribution < -0.4 is 10.1 Å². The maximum absolute atomic E-state index is 6.13. The Bertz CT molecular complexity index is 571. The fourth-order valence-electron chi connectivity index (χ4n) is 2.47. The van der Waals surface area contributed by atoms with Crippen LogP contribution in [0.2, 0.25) is 5.02 Å². The normalized spacial score (nSPS) is 12.1. The van der Waals surface area contributed by atoms with Crippen LogP contribution in [0.3, 0.4) is 0 Å². The number of likely N-dealkylation sites (N-methyl/N-ethyl adjacent to an activating group) is 1. The second-order valence-electron chi connectivity index (χ2n) is 5.12. The smallest absolute Gasteiger partial charge is 0.119 e. The minimum atomic E-state index is 0.399. The van der Waals surface area contributed by atoms with Gasteiger partial charge in [0.05, 0.1) is 7.11 Å². The topological polar surface area (TPSA) is 21.3 Å². The molecule has 2 rings (SSSR count). The monoisotopic (exact) mass is 303 g/mol. The maximum Gasteiger partial charge on any atom is 0.119 e. The number of methoxy groups -OCH3 is 1. The molecule has 0 heterocycles. The van der Waals surface area contributed by atoms with Crippen molar-refractivity contribution in [3.63, 3.8) is 0 Å². The number of hydrogen-bond donors (Lipinski definition) is 1. The number of benzene rings is 2. The summed E-state index contributed by atoms with van der Waals surface area (Å²) >= 11 is 6.13. The Hall–Kier alpha value is -1.51. The molecule has 2 nitrogen and oxygen atoms in total. The van der Waals surface area contributed by atoms with Gasteiger partial charge < -0.3 is 10.1 Å². The van der Waals surface area contributed by atoms with E-state index >= 15 is 0 Å². The van der Waals surface area contributed by atoms with Gasteiger partial charge in [-0.3, -0.25) is 0 Å². The van der Waals surface area contributed by atoms with Crippen LogP contribution in [0.5, 0.6) is 5.75 Å². The highest BCUT2D eigenvalue weighted by molar-refractivity contribution is 6.30. The minimum absolute atomic E-state index is 0.399. The Morgan fingerprint density at radius 3 is 2.67 bits per heavy atom. The minimum Gasteiger partial charge on any atom is -0.497 e. The summed E-state index contributed by atoms with van der Waals surface area (Å²) in [6.07, 6.45) is 0.963. The number of hydrogen-bond acceptors (Lipinski definition) is 2. The van der Waals surface area contributed by atoms with E-state index in [0.717, 1.165) is 30.3 Å². The molecule has 0 fully saturated rings. The van der Waals surface area contributed by atoms with Crippen molar-refractivity contribution in [3.8, 4) is 5.75 Å². The SMILES string of the molecule is CCNCC(Cc1cccc(OC)c1)c1cccc(Cl)c1. The molecule has 0 aliphatic heterocycles. The van der Waals surface area contributed by atoms with E-state index in [9.17, 15) is 0 Å². The van der Waals surface area contributed by atoms with Crippen molar-refractivity contribution in [2.75, 3.05) is 20.2 Å². The van der Waals surface area contributed by atoms with Gasteiger partial charge in [0, 0.05) is 17.5 Å². The van der Waals surface area contributed by atoms with E-state index in [0.29, 0.717) is 5.92 Å². The first-order valence-electron chi connectivity index (χ1n) is 7.32. The first-order chi connectivity index (χ1) is 10.2. The predicted molar refractivity (Wildman–Crippen MR) is 89.4 cm³/mol. The van der Waals surface area contributed by atoms with Crippen molar-refractivity contribution < 1.29 is 4.74 Å². The van der Waals surface area contributed by atoms with E-state index in [4.69, 9.17) is 16.3 Å². The van der Waals surface area contributed by atoms with E-state index in [1.807, 2.05) is 24.3 Å². The molecule has 2 aromatic carbocycles. The Morgan fingerprint density at radius 2 is 1.95 bits per heavy atom. The molecule has 0 amide bonds. The fourth-order valence-corrected chi connectivity index (χ4v) is 2.67. The molecule has 3 heteroatoms. The summed E-state index contributed by atoms with van der Waals surface area (Å²) in [6.45, 7) is 4.03. The molecule has 112 valence electrons. The van der Waals surface area contributed by atoms with Crippen molar-refractivity contribution in [1.29, 1.82) is 0 Å². The molecule has 1 unspecified atom stereocenters. The molecular formula is C18H22ClNO. The number of nitrogens with one attached hydrogen (secondary N) is 1. The molecular weight excluding hydrogens is 282 g/mol. The van der Waals surface area contributed by atoms with Crippen LogP contribution in [0.4, 0.5) is 0 Å². The third kappa shape index (κ3) is 4.76. The van der Waals surface area contributed by atoms with Gasteiger partial charge in [-0.05, 0) is 48.4 Å². The Labute approximate surface area is 132 Å². The Balaban J connectivity index is 2.19. The lowest BCUT2D eigenvalue weighted by molar-refractivity contribution is 0.414. The highest BCUT2D eigenvalue weighted by atomic mass is 35.5. The molecule has 0 aromatic heterocycles. The van der Waals surface area contributed by atoms with Crippen LogP contribution in [0.25, 0.3) is 0 Å². The van der Waals surface area contributed by atoms with Crippen molar-refractivity contribution in [3.05, 3.63) is 64.7 Å². The van der Waals surface area contributed by atoms with Gasteiger partial charge in [-0.25, -0.2) is 0 Å². The van der Waals surface area contributed by atoms with Crippen molar-refractivity contribution in [2.45, 2.75) is 19.3 Å². The van der Waals surface area contributed by atoms with Gasteiger partial charge in [0.2, 0.25) is 0 Å². The molecule has 0 aliphatic carbocycles. The highest BCUT2D eigenvalue weighted by Crippen LogP contribution is 2.24. The Kier molecular flexibility index (Phi) is 6.09. The molecule has 21 heavy (non-hydrogen) atoms. The quantitative estimate of drug-likeness (QED) is 0.824. The second-order valence-corrected chi connectivity index (χ2v) is 5.55. The molecule has 0 aliphatic rings. The number of ether oxygens (including phenoxy) is 1. The molecule has 1 atom stereocenters. The maximum atomic E-state index is 6.13. The summed E-state index contributed by atoms with van der Waals surface area (Å²) in [5, 5.41) is 4.23. The third-order valence-corrected chi connectivity index (χ3v) is 3.81. The second kappa shape index (κ2) is 8.06. The zero-order valence-corrected chi connectivity index (χ0v) is 13.4. The van der Waals surface area contributed by atoms with E-state index in [1.165, 1.54) is 11.1 Å². The molecule has 0 saturated carbocycles. The van der Waals surface area contributed by atoms with Crippen LogP contribution in [-0.4, -0.2) is 20.2 Å². The van der Waals surface area contributed by atoms with Crippen molar-refractivity contribution in [2.24, 2.45) is 0 Å². The first kappa shape index (κ1) is 15.9. The van der Waals surface area contributed by atoms with Crippen LogP contribution in [0, 0.1) is 0 Å². The first-order valence-corrected chi connectivity index (χ1v) is 7.69.